The predicted molar refractivity (Wildman–Crippen MR) is 137 cm³/mol. The molecule has 3 rings (SSSR count). The lowest BCUT2D eigenvalue weighted by Crippen LogP contribution is -2.42. The Bertz CT molecular complexity index is 1330. The molecule has 1 amide bonds. The van der Waals surface area contributed by atoms with Gasteiger partial charge in [-0.3, -0.25) is 23.9 Å². The second-order valence-corrected chi connectivity index (χ2v) is 8.94. The van der Waals surface area contributed by atoms with Crippen molar-refractivity contribution >= 4 is 35.1 Å². The zero-order chi connectivity index (χ0) is 25.5. The van der Waals surface area contributed by atoms with Crippen LogP contribution in [0.15, 0.2) is 63.0 Å². The van der Waals surface area contributed by atoms with Gasteiger partial charge in [0.1, 0.15) is 5.82 Å². The predicted octanol–water partition coefficient (Wildman–Crippen LogP) is 2.47. The van der Waals surface area contributed by atoms with Crippen LogP contribution in [0.3, 0.4) is 0 Å². The molecule has 0 radical (unpaired) electrons. The van der Waals surface area contributed by atoms with Crippen molar-refractivity contribution in [3.8, 4) is 0 Å². The highest BCUT2D eigenvalue weighted by Gasteiger charge is 2.24. The van der Waals surface area contributed by atoms with Crippen LogP contribution >= 0.6 is 11.8 Å². The van der Waals surface area contributed by atoms with E-state index >= 15 is 0 Å². The number of H-pyrrole nitrogens is 1. The van der Waals surface area contributed by atoms with Crippen LogP contribution in [0.2, 0.25) is 0 Å². The largest absolute Gasteiger partial charge is 0.455 e. The smallest absolute Gasteiger partial charge is 0.330 e. The molecule has 0 unspecified atom stereocenters. The summed E-state index contributed by atoms with van der Waals surface area (Å²) in [6.07, 6.45) is 0. The first-order valence-corrected chi connectivity index (χ1v) is 12.0. The highest BCUT2D eigenvalue weighted by Crippen LogP contribution is 2.23. The Morgan fingerprint density at radius 1 is 1.11 bits per heavy atom. The molecule has 0 aliphatic heterocycles. The van der Waals surface area contributed by atoms with Gasteiger partial charge in [-0.2, -0.15) is 0 Å². The van der Waals surface area contributed by atoms with Gasteiger partial charge in [-0.15, -0.1) is 11.8 Å². The van der Waals surface area contributed by atoms with Crippen molar-refractivity contribution in [2.75, 3.05) is 29.5 Å². The van der Waals surface area contributed by atoms with E-state index in [1.165, 1.54) is 16.3 Å². The molecule has 0 atom stereocenters. The fraction of sp³-hybridized carbons (Fsp3) is 0.280. The van der Waals surface area contributed by atoms with Crippen molar-refractivity contribution in [3.63, 3.8) is 0 Å². The molecule has 0 aliphatic rings. The minimum absolute atomic E-state index is 0.0357. The summed E-state index contributed by atoms with van der Waals surface area (Å²) in [7, 11) is 0. The van der Waals surface area contributed by atoms with Gasteiger partial charge in [-0.05, 0) is 38.0 Å². The van der Waals surface area contributed by atoms with Gasteiger partial charge in [0.2, 0.25) is 0 Å². The lowest BCUT2D eigenvalue weighted by atomic mass is 10.2. The molecule has 0 aliphatic carbocycles. The average Bonchev–Trinajstić information content (AvgIpc) is 2.83. The molecule has 10 heteroatoms. The summed E-state index contributed by atoms with van der Waals surface area (Å²) < 4.78 is 6.34. The summed E-state index contributed by atoms with van der Waals surface area (Å²) in [4.78, 5) is 54.3. The number of nitrogens with one attached hydrogen (secondary N) is 1. The van der Waals surface area contributed by atoms with Gasteiger partial charge < -0.3 is 15.4 Å². The standard InChI is InChI=1S/C25H28N4O5S/c1-4-28(20(30)14-34-21(31)15-35-19-11-10-16(2)12-17(19)3)22-23(26)29(25(33)27-24(22)32)13-18-8-6-5-7-9-18/h5-12H,4,13-15,26H2,1-3H3,(H,27,32,33). The van der Waals surface area contributed by atoms with Gasteiger partial charge in [0, 0.05) is 11.4 Å². The lowest BCUT2D eigenvalue weighted by Gasteiger charge is -2.23. The fourth-order valence-electron chi connectivity index (χ4n) is 3.58. The van der Waals surface area contributed by atoms with Crippen LogP contribution in [0.25, 0.3) is 0 Å². The summed E-state index contributed by atoms with van der Waals surface area (Å²) in [5.41, 5.74) is 7.53. The van der Waals surface area contributed by atoms with Crippen LogP contribution in [0.5, 0.6) is 0 Å². The SMILES string of the molecule is CCN(C(=O)COC(=O)CSc1ccc(C)cc1C)c1c(N)n(Cc2ccccc2)c(=O)[nH]c1=O. The summed E-state index contributed by atoms with van der Waals surface area (Å²) in [6, 6.07) is 15.0. The molecule has 0 bridgehead atoms. The van der Waals surface area contributed by atoms with E-state index < -0.39 is 29.7 Å². The quantitative estimate of drug-likeness (QED) is 0.344. The summed E-state index contributed by atoms with van der Waals surface area (Å²) in [6.45, 7) is 5.25. The Labute approximate surface area is 206 Å². The van der Waals surface area contributed by atoms with Crippen LogP contribution in [0.4, 0.5) is 11.5 Å². The third-order valence-corrected chi connectivity index (χ3v) is 6.47. The molecule has 3 N–H and O–H groups in total. The van der Waals surface area contributed by atoms with Gasteiger partial charge >= 0.3 is 11.7 Å². The Morgan fingerprint density at radius 2 is 1.83 bits per heavy atom. The number of ether oxygens (including phenoxy) is 1. The molecule has 0 spiro atoms. The molecule has 0 saturated heterocycles. The highest BCUT2D eigenvalue weighted by atomic mass is 32.2. The highest BCUT2D eigenvalue weighted by molar-refractivity contribution is 8.00. The summed E-state index contributed by atoms with van der Waals surface area (Å²) >= 11 is 1.32. The first kappa shape index (κ1) is 25.8. The molecule has 0 fully saturated rings. The zero-order valence-electron chi connectivity index (χ0n) is 19.9. The maximum absolute atomic E-state index is 12.9. The first-order chi connectivity index (χ1) is 16.7. The van der Waals surface area contributed by atoms with Gasteiger partial charge in [0.15, 0.2) is 12.3 Å². The molecule has 3 aromatic rings. The number of likely N-dealkylation sites (N-methyl/N-ethyl adjacent to an activating group) is 1. The summed E-state index contributed by atoms with van der Waals surface area (Å²) in [5.74, 6) is -1.29. The molecule has 35 heavy (non-hydrogen) atoms. The lowest BCUT2D eigenvalue weighted by molar-refractivity contribution is -0.145. The van der Waals surface area contributed by atoms with Crippen LogP contribution in [0.1, 0.15) is 23.6 Å². The number of hydrogen-bond acceptors (Lipinski definition) is 7. The number of carbonyl (C=O) groups is 2. The molecule has 1 heterocycles. The Hall–Kier alpha value is -3.79. The van der Waals surface area contributed by atoms with Gasteiger partial charge in [0.05, 0.1) is 12.3 Å². The fourth-order valence-corrected chi connectivity index (χ4v) is 4.39. The maximum atomic E-state index is 12.9. The van der Waals surface area contributed by atoms with E-state index in [0.29, 0.717) is 0 Å². The molecular weight excluding hydrogens is 468 g/mol. The molecular formula is C25H28N4O5S. The van der Waals surface area contributed by atoms with Crippen molar-refractivity contribution in [2.45, 2.75) is 32.2 Å². The van der Waals surface area contributed by atoms with E-state index in [0.717, 1.165) is 26.5 Å². The van der Waals surface area contributed by atoms with Gasteiger partial charge in [-0.1, -0.05) is 48.0 Å². The Morgan fingerprint density at radius 3 is 2.49 bits per heavy atom. The Balaban J connectivity index is 1.71. The van der Waals surface area contributed by atoms with Crippen molar-refractivity contribution in [1.82, 2.24) is 9.55 Å². The van der Waals surface area contributed by atoms with E-state index in [2.05, 4.69) is 4.98 Å². The monoisotopic (exact) mass is 496 g/mol. The van der Waals surface area contributed by atoms with Gasteiger partial charge in [0.25, 0.3) is 11.5 Å². The number of rotatable bonds is 9. The molecule has 184 valence electrons. The number of thioether (sulfide) groups is 1. The Kier molecular flexibility index (Phi) is 8.53. The molecule has 2 aromatic carbocycles. The van der Waals surface area contributed by atoms with Crippen LogP contribution in [0, 0.1) is 13.8 Å². The third-order valence-electron chi connectivity index (χ3n) is 5.32. The summed E-state index contributed by atoms with van der Waals surface area (Å²) in [5, 5.41) is 0. The zero-order valence-corrected chi connectivity index (χ0v) is 20.7. The number of aryl methyl sites for hydroxylation is 2. The number of aromatic amines is 1. The van der Waals surface area contributed by atoms with Crippen molar-refractivity contribution < 1.29 is 14.3 Å². The van der Waals surface area contributed by atoms with Crippen molar-refractivity contribution in [2.24, 2.45) is 0 Å². The average molecular weight is 497 g/mol. The van der Waals surface area contributed by atoms with E-state index in [-0.39, 0.29) is 30.3 Å². The number of hydrogen-bond donors (Lipinski definition) is 2. The maximum Gasteiger partial charge on any atom is 0.330 e. The first-order valence-electron chi connectivity index (χ1n) is 11.0. The van der Waals surface area contributed by atoms with Crippen LogP contribution in [-0.4, -0.2) is 40.3 Å². The minimum atomic E-state index is -0.788. The molecule has 1 aromatic heterocycles. The van der Waals surface area contributed by atoms with Crippen molar-refractivity contribution in [3.05, 3.63) is 86.1 Å². The second kappa shape index (κ2) is 11.6. The molecule has 9 nitrogen and oxygen atoms in total. The number of nitrogens with two attached hydrogens (primary N) is 1. The van der Waals surface area contributed by atoms with Gasteiger partial charge in [-0.25, -0.2) is 4.79 Å². The van der Waals surface area contributed by atoms with E-state index in [1.54, 1.807) is 6.92 Å². The van der Waals surface area contributed by atoms with E-state index in [9.17, 15) is 19.2 Å². The van der Waals surface area contributed by atoms with Crippen molar-refractivity contribution in [1.29, 1.82) is 0 Å². The van der Waals surface area contributed by atoms with E-state index in [1.807, 2.05) is 62.4 Å². The number of amides is 1. The number of aromatic nitrogens is 2. The van der Waals surface area contributed by atoms with Crippen LogP contribution in [-0.2, 0) is 20.9 Å². The number of nitrogens with zero attached hydrogens (tertiary/aromatic N) is 2. The minimum Gasteiger partial charge on any atom is -0.455 e. The number of carbonyl (C=O) groups excluding carboxylic acids is 2. The second-order valence-electron chi connectivity index (χ2n) is 7.92. The normalized spacial score (nSPS) is 10.7. The molecule has 0 saturated carbocycles. The number of anilines is 2. The third kappa shape index (κ3) is 6.42. The topological polar surface area (TPSA) is 127 Å². The number of esters is 1. The van der Waals surface area contributed by atoms with Crippen LogP contribution < -0.4 is 21.9 Å². The number of nitrogen functional groups attached to an aromatic ring is 1. The number of benzene rings is 2. The van der Waals surface area contributed by atoms with E-state index in [4.69, 9.17) is 10.5 Å².